The molecule has 0 saturated heterocycles. The van der Waals surface area contributed by atoms with Crippen molar-refractivity contribution in [2.24, 2.45) is 0 Å². The van der Waals surface area contributed by atoms with Gasteiger partial charge in [-0.15, -0.1) is 11.3 Å². The summed E-state index contributed by atoms with van der Waals surface area (Å²) in [7, 11) is 0. The van der Waals surface area contributed by atoms with Crippen molar-refractivity contribution in [1.82, 2.24) is 15.0 Å². The molecule has 0 radical (unpaired) electrons. The summed E-state index contributed by atoms with van der Waals surface area (Å²) in [5.74, 6) is 1.18. The number of nitrogens with zero attached hydrogens (tertiary/aromatic N) is 2. The number of nitrogens with one attached hydrogen (secondary N) is 2. The predicted molar refractivity (Wildman–Crippen MR) is 63.8 cm³/mol. The Morgan fingerprint density at radius 3 is 2.88 bits per heavy atom. The fourth-order valence-corrected chi connectivity index (χ4v) is 1.95. The van der Waals surface area contributed by atoms with Crippen molar-refractivity contribution < 1.29 is 0 Å². The third-order valence-electron chi connectivity index (χ3n) is 1.98. The summed E-state index contributed by atoms with van der Waals surface area (Å²) in [5.41, 5.74) is 0.812. The SMILES string of the molecule is Cc1nc(NCc2csc(C)n2)cc(=O)[nH]1. The molecule has 2 aromatic rings. The van der Waals surface area contributed by atoms with E-state index in [4.69, 9.17) is 0 Å². The zero-order chi connectivity index (χ0) is 11.5. The molecule has 0 aromatic carbocycles. The molecule has 84 valence electrons. The van der Waals surface area contributed by atoms with Gasteiger partial charge in [-0.3, -0.25) is 4.79 Å². The molecule has 0 amide bonds. The number of aromatic amines is 1. The molecule has 0 unspecified atom stereocenters. The molecule has 0 fully saturated rings. The quantitative estimate of drug-likeness (QED) is 0.846. The van der Waals surface area contributed by atoms with E-state index in [0.29, 0.717) is 18.2 Å². The Kier molecular flexibility index (Phi) is 3.00. The molecule has 0 aliphatic carbocycles. The van der Waals surface area contributed by atoms with Crippen LogP contribution in [0.15, 0.2) is 16.2 Å². The van der Waals surface area contributed by atoms with Crippen LogP contribution in [0.25, 0.3) is 0 Å². The minimum atomic E-state index is -0.149. The van der Waals surface area contributed by atoms with Gasteiger partial charge in [0.25, 0.3) is 5.56 Å². The first-order valence-electron chi connectivity index (χ1n) is 4.86. The molecule has 0 saturated carbocycles. The van der Waals surface area contributed by atoms with Gasteiger partial charge in [0.1, 0.15) is 11.6 Å². The van der Waals surface area contributed by atoms with Gasteiger partial charge in [0.05, 0.1) is 17.2 Å². The zero-order valence-corrected chi connectivity index (χ0v) is 9.89. The number of thiazole rings is 1. The van der Waals surface area contributed by atoms with Gasteiger partial charge in [0, 0.05) is 11.4 Å². The summed E-state index contributed by atoms with van der Waals surface area (Å²) >= 11 is 1.61. The van der Waals surface area contributed by atoms with E-state index in [2.05, 4.69) is 20.3 Å². The third-order valence-corrected chi connectivity index (χ3v) is 2.80. The summed E-state index contributed by atoms with van der Waals surface area (Å²) in [5, 5.41) is 6.09. The lowest BCUT2D eigenvalue weighted by molar-refractivity contribution is 0.982. The lowest BCUT2D eigenvalue weighted by Crippen LogP contribution is -2.11. The third kappa shape index (κ3) is 2.66. The summed E-state index contributed by atoms with van der Waals surface area (Å²) in [6, 6.07) is 1.44. The van der Waals surface area contributed by atoms with E-state index in [9.17, 15) is 4.79 Å². The fraction of sp³-hybridized carbons (Fsp3) is 0.300. The first kappa shape index (κ1) is 10.8. The Morgan fingerprint density at radius 2 is 2.25 bits per heavy atom. The van der Waals surface area contributed by atoms with Crippen molar-refractivity contribution in [2.75, 3.05) is 5.32 Å². The maximum Gasteiger partial charge on any atom is 0.252 e. The summed E-state index contributed by atoms with van der Waals surface area (Å²) in [6.07, 6.45) is 0. The van der Waals surface area contributed by atoms with Crippen LogP contribution in [0.3, 0.4) is 0 Å². The molecule has 2 heterocycles. The Hall–Kier alpha value is -1.69. The minimum Gasteiger partial charge on any atom is -0.364 e. The highest BCUT2D eigenvalue weighted by atomic mass is 32.1. The number of hydrogen-bond donors (Lipinski definition) is 2. The topological polar surface area (TPSA) is 70.7 Å². The standard InChI is InChI=1S/C10H12N4OS/c1-6-12-9(3-10(15)13-6)11-4-8-5-16-7(2)14-8/h3,5H,4H2,1-2H3,(H2,11,12,13,15). The Balaban J connectivity index is 2.07. The van der Waals surface area contributed by atoms with Crippen LogP contribution >= 0.6 is 11.3 Å². The summed E-state index contributed by atoms with van der Waals surface area (Å²) in [6.45, 7) is 4.30. The molecule has 0 aliphatic rings. The Morgan fingerprint density at radius 1 is 1.44 bits per heavy atom. The van der Waals surface area contributed by atoms with Gasteiger partial charge in [-0.25, -0.2) is 9.97 Å². The number of rotatable bonds is 3. The van der Waals surface area contributed by atoms with Crippen LogP contribution < -0.4 is 10.9 Å². The van der Waals surface area contributed by atoms with Crippen LogP contribution in [0.2, 0.25) is 0 Å². The van der Waals surface area contributed by atoms with Crippen LogP contribution in [0, 0.1) is 13.8 Å². The van der Waals surface area contributed by atoms with E-state index < -0.39 is 0 Å². The van der Waals surface area contributed by atoms with Gasteiger partial charge < -0.3 is 10.3 Å². The highest BCUT2D eigenvalue weighted by Gasteiger charge is 2.00. The van der Waals surface area contributed by atoms with Gasteiger partial charge in [-0.1, -0.05) is 0 Å². The highest BCUT2D eigenvalue weighted by molar-refractivity contribution is 7.09. The van der Waals surface area contributed by atoms with Crippen molar-refractivity contribution in [3.8, 4) is 0 Å². The smallest absolute Gasteiger partial charge is 0.252 e. The van der Waals surface area contributed by atoms with Gasteiger partial charge in [0.2, 0.25) is 0 Å². The van der Waals surface area contributed by atoms with E-state index in [-0.39, 0.29) is 5.56 Å². The number of anilines is 1. The number of aromatic nitrogens is 3. The van der Waals surface area contributed by atoms with Gasteiger partial charge in [-0.05, 0) is 13.8 Å². The second kappa shape index (κ2) is 4.44. The van der Waals surface area contributed by atoms with Crippen molar-refractivity contribution in [3.63, 3.8) is 0 Å². The number of hydrogen-bond acceptors (Lipinski definition) is 5. The van der Waals surface area contributed by atoms with Crippen molar-refractivity contribution in [1.29, 1.82) is 0 Å². The largest absolute Gasteiger partial charge is 0.364 e. The molecule has 5 nitrogen and oxygen atoms in total. The maximum atomic E-state index is 11.2. The van der Waals surface area contributed by atoms with E-state index in [1.54, 1.807) is 18.3 Å². The molecule has 16 heavy (non-hydrogen) atoms. The van der Waals surface area contributed by atoms with Gasteiger partial charge in [-0.2, -0.15) is 0 Å². The molecule has 2 N–H and O–H groups in total. The van der Waals surface area contributed by atoms with Crippen LogP contribution in [0.4, 0.5) is 5.82 Å². The second-order valence-corrected chi connectivity index (χ2v) is 4.49. The highest BCUT2D eigenvalue weighted by Crippen LogP contribution is 2.09. The second-order valence-electron chi connectivity index (χ2n) is 3.43. The average molecular weight is 236 g/mol. The van der Waals surface area contributed by atoms with Gasteiger partial charge in [0.15, 0.2) is 0 Å². The molecule has 0 aliphatic heterocycles. The lowest BCUT2D eigenvalue weighted by Gasteiger charge is -2.03. The molecule has 6 heteroatoms. The Labute approximate surface area is 96.6 Å². The first-order valence-corrected chi connectivity index (χ1v) is 5.74. The molecule has 0 spiro atoms. The molecular formula is C10H12N4OS. The van der Waals surface area contributed by atoms with Crippen molar-refractivity contribution in [2.45, 2.75) is 20.4 Å². The van der Waals surface area contributed by atoms with Crippen LogP contribution in [0.5, 0.6) is 0 Å². The summed E-state index contributed by atoms with van der Waals surface area (Å²) < 4.78 is 0. The van der Waals surface area contributed by atoms with Crippen molar-refractivity contribution >= 4 is 17.2 Å². The van der Waals surface area contributed by atoms with Gasteiger partial charge >= 0.3 is 0 Å². The predicted octanol–water partition coefficient (Wildman–Crippen LogP) is 1.46. The van der Waals surface area contributed by atoms with E-state index >= 15 is 0 Å². The van der Waals surface area contributed by atoms with Crippen molar-refractivity contribution in [3.05, 3.63) is 38.3 Å². The molecular weight excluding hydrogens is 224 g/mol. The normalized spacial score (nSPS) is 10.4. The zero-order valence-electron chi connectivity index (χ0n) is 9.07. The summed E-state index contributed by atoms with van der Waals surface area (Å²) in [4.78, 5) is 22.2. The monoisotopic (exact) mass is 236 g/mol. The fourth-order valence-electron chi connectivity index (χ4n) is 1.34. The van der Waals surface area contributed by atoms with Crippen LogP contribution in [-0.4, -0.2) is 15.0 Å². The molecule has 2 rings (SSSR count). The molecule has 0 bridgehead atoms. The Bertz CT molecular complexity index is 546. The molecule has 2 aromatic heterocycles. The number of H-pyrrole nitrogens is 1. The van der Waals surface area contributed by atoms with Crippen LogP contribution in [0.1, 0.15) is 16.5 Å². The first-order chi connectivity index (χ1) is 7.63. The van der Waals surface area contributed by atoms with E-state index in [1.165, 1.54) is 6.07 Å². The van der Waals surface area contributed by atoms with E-state index in [1.807, 2.05) is 12.3 Å². The minimum absolute atomic E-state index is 0.149. The molecule has 0 atom stereocenters. The van der Waals surface area contributed by atoms with E-state index in [0.717, 1.165) is 10.7 Å². The van der Waals surface area contributed by atoms with Crippen LogP contribution in [-0.2, 0) is 6.54 Å². The maximum absolute atomic E-state index is 11.2. The lowest BCUT2D eigenvalue weighted by atomic mass is 10.4. The average Bonchev–Trinajstić information content (AvgIpc) is 2.60. The number of aryl methyl sites for hydroxylation is 2.